The number of sulfonamides is 1. The van der Waals surface area contributed by atoms with E-state index in [0.717, 1.165) is 38.0 Å². The number of nitrogens with zero attached hydrogens (tertiary/aromatic N) is 2. The zero-order chi connectivity index (χ0) is 21.2. The van der Waals surface area contributed by atoms with Crippen molar-refractivity contribution >= 4 is 15.9 Å². The molecule has 0 atom stereocenters. The van der Waals surface area contributed by atoms with Gasteiger partial charge in [0.2, 0.25) is 15.9 Å². The Bertz CT molecular complexity index is 982. The average molecular weight is 434 g/mol. The minimum absolute atomic E-state index is 0.112. The number of hydrogen-bond acceptors (Lipinski definition) is 6. The second-order valence-corrected chi connectivity index (χ2v) is 10.00. The molecule has 1 N–H and O–H groups in total. The molecule has 2 aliphatic heterocycles. The van der Waals surface area contributed by atoms with Crippen LogP contribution in [0, 0.1) is 5.41 Å². The van der Waals surface area contributed by atoms with Crippen LogP contribution < -0.4 is 10.1 Å². The van der Waals surface area contributed by atoms with E-state index in [0.29, 0.717) is 12.4 Å². The summed E-state index contributed by atoms with van der Waals surface area (Å²) in [6, 6.07) is 8.60. The predicted molar refractivity (Wildman–Crippen MR) is 110 cm³/mol. The number of nitrogens with one attached hydrogen (secondary N) is 1. The highest BCUT2D eigenvalue weighted by Crippen LogP contribution is 2.39. The standard InChI is InChI=1S/C21H27N3O5S/c1-22-20(25)13-24-15-21(7-9-23(10-8-21)12-17-6-11-28-14-17)16-29-18-4-2-3-5-19(18)30(24,26)27/h2-6,11,14H,7-10,12-13,15-16H2,1H3,(H,22,25). The molecule has 0 bridgehead atoms. The van der Waals surface area contributed by atoms with Crippen LogP contribution in [0.1, 0.15) is 18.4 Å². The highest BCUT2D eigenvalue weighted by molar-refractivity contribution is 7.89. The number of carbonyl (C=O) groups is 1. The van der Waals surface area contributed by atoms with Gasteiger partial charge in [-0.15, -0.1) is 0 Å². The Morgan fingerprint density at radius 3 is 2.67 bits per heavy atom. The lowest BCUT2D eigenvalue weighted by Crippen LogP contribution is -2.53. The average Bonchev–Trinajstić information content (AvgIpc) is 3.26. The second-order valence-electron chi connectivity index (χ2n) is 8.09. The Labute approximate surface area is 176 Å². The third kappa shape index (κ3) is 4.23. The third-order valence-electron chi connectivity index (χ3n) is 6.01. The molecule has 1 spiro atoms. The van der Waals surface area contributed by atoms with Gasteiger partial charge in [0.05, 0.1) is 25.7 Å². The van der Waals surface area contributed by atoms with E-state index >= 15 is 0 Å². The van der Waals surface area contributed by atoms with Crippen LogP contribution in [0.3, 0.4) is 0 Å². The van der Waals surface area contributed by atoms with Crippen molar-refractivity contribution in [1.29, 1.82) is 0 Å². The largest absolute Gasteiger partial charge is 0.492 e. The number of furan rings is 1. The molecule has 1 saturated heterocycles. The van der Waals surface area contributed by atoms with Gasteiger partial charge in [0.25, 0.3) is 0 Å². The summed E-state index contributed by atoms with van der Waals surface area (Å²) in [5.41, 5.74) is 0.777. The van der Waals surface area contributed by atoms with Crippen molar-refractivity contribution in [2.75, 3.05) is 39.8 Å². The maximum atomic E-state index is 13.4. The predicted octanol–water partition coefficient (Wildman–Crippen LogP) is 1.69. The van der Waals surface area contributed by atoms with Gasteiger partial charge in [0.1, 0.15) is 10.6 Å². The molecule has 0 unspecified atom stereocenters. The summed E-state index contributed by atoms with van der Waals surface area (Å²) in [5, 5.41) is 2.54. The lowest BCUT2D eigenvalue weighted by molar-refractivity contribution is -0.121. The number of ether oxygens (including phenoxy) is 1. The van der Waals surface area contributed by atoms with E-state index in [1.807, 2.05) is 6.07 Å². The molecule has 9 heteroatoms. The van der Waals surface area contributed by atoms with E-state index in [2.05, 4.69) is 10.2 Å². The first-order chi connectivity index (χ1) is 14.4. The Kier molecular flexibility index (Phi) is 5.86. The molecule has 1 aromatic heterocycles. The molecule has 1 amide bonds. The molecule has 0 saturated carbocycles. The lowest BCUT2D eigenvalue weighted by atomic mass is 9.78. The number of para-hydroxylation sites is 1. The van der Waals surface area contributed by atoms with Crippen LogP contribution in [0.4, 0.5) is 0 Å². The lowest BCUT2D eigenvalue weighted by Gasteiger charge is -2.44. The van der Waals surface area contributed by atoms with E-state index in [1.54, 1.807) is 30.7 Å². The van der Waals surface area contributed by atoms with Crippen LogP contribution in [-0.2, 0) is 21.4 Å². The van der Waals surface area contributed by atoms with Crippen molar-refractivity contribution in [3.05, 3.63) is 48.4 Å². The summed E-state index contributed by atoms with van der Waals surface area (Å²) in [6.07, 6.45) is 4.99. The van der Waals surface area contributed by atoms with Crippen molar-refractivity contribution < 1.29 is 22.4 Å². The summed E-state index contributed by atoms with van der Waals surface area (Å²) in [7, 11) is -2.34. The monoisotopic (exact) mass is 433 g/mol. The molecule has 30 heavy (non-hydrogen) atoms. The number of likely N-dealkylation sites (tertiary alicyclic amines) is 1. The summed E-state index contributed by atoms with van der Waals surface area (Å²) in [5.74, 6) is 0.0180. The summed E-state index contributed by atoms with van der Waals surface area (Å²) in [6.45, 7) is 2.93. The maximum absolute atomic E-state index is 13.4. The van der Waals surface area contributed by atoms with Crippen LogP contribution in [0.15, 0.2) is 52.2 Å². The van der Waals surface area contributed by atoms with Gasteiger partial charge in [-0.3, -0.25) is 9.69 Å². The molecule has 0 radical (unpaired) electrons. The maximum Gasteiger partial charge on any atom is 0.247 e. The van der Waals surface area contributed by atoms with E-state index < -0.39 is 10.0 Å². The zero-order valence-electron chi connectivity index (χ0n) is 17.0. The molecule has 0 aliphatic carbocycles. The summed E-state index contributed by atoms with van der Waals surface area (Å²) >= 11 is 0. The number of rotatable bonds is 4. The number of fused-ring (bicyclic) bond motifs is 1. The number of amides is 1. The van der Waals surface area contributed by atoms with E-state index in [4.69, 9.17) is 9.15 Å². The van der Waals surface area contributed by atoms with Crippen molar-refractivity contribution in [3.63, 3.8) is 0 Å². The molecule has 2 aliphatic rings. The quantitative estimate of drug-likeness (QED) is 0.789. The fourth-order valence-electron chi connectivity index (χ4n) is 4.17. The van der Waals surface area contributed by atoms with Gasteiger partial charge in [0.15, 0.2) is 0 Å². The highest BCUT2D eigenvalue weighted by Gasteiger charge is 2.43. The van der Waals surface area contributed by atoms with Gasteiger partial charge < -0.3 is 14.5 Å². The van der Waals surface area contributed by atoms with Gasteiger partial charge in [-0.25, -0.2) is 8.42 Å². The van der Waals surface area contributed by atoms with Crippen LogP contribution in [0.2, 0.25) is 0 Å². The van der Waals surface area contributed by atoms with Gasteiger partial charge in [-0.1, -0.05) is 12.1 Å². The van der Waals surface area contributed by atoms with Crippen LogP contribution in [0.25, 0.3) is 0 Å². The highest BCUT2D eigenvalue weighted by atomic mass is 32.2. The number of hydrogen-bond donors (Lipinski definition) is 1. The Hall–Kier alpha value is -2.36. The fourth-order valence-corrected chi connectivity index (χ4v) is 5.81. The van der Waals surface area contributed by atoms with E-state index in [9.17, 15) is 13.2 Å². The topological polar surface area (TPSA) is 92.1 Å². The Morgan fingerprint density at radius 1 is 1.20 bits per heavy atom. The number of likely N-dealkylation sites (N-methyl/N-ethyl adjacent to an activating group) is 1. The molecule has 1 fully saturated rings. The normalized spacial score (nSPS) is 21.2. The zero-order valence-corrected chi connectivity index (χ0v) is 17.9. The van der Waals surface area contributed by atoms with Crippen LogP contribution in [0.5, 0.6) is 5.75 Å². The van der Waals surface area contributed by atoms with Gasteiger partial charge in [-0.2, -0.15) is 4.31 Å². The minimum atomic E-state index is -3.86. The fraction of sp³-hybridized carbons (Fsp3) is 0.476. The third-order valence-corrected chi connectivity index (χ3v) is 7.85. The number of piperidine rings is 1. The Morgan fingerprint density at radius 2 is 1.97 bits per heavy atom. The van der Waals surface area contributed by atoms with E-state index in [1.165, 1.54) is 17.4 Å². The molecule has 4 rings (SSSR count). The first kappa shape index (κ1) is 20.9. The van der Waals surface area contributed by atoms with Crippen molar-refractivity contribution in [3.8, 4) is 5.75 Å². The van der Waals surface area contributed by atoms with Crippen molar-refractivity contribution in [2.24, 2.45) is 5.41 Å². The van der Waals surface area contributed by atoms with Gasteiger partial charge >= 0.3 is 0 Å². The molecule has 162 valence electrons. The number of benzene rings is 1. The second kappa shape index (κ2) is 8.41. The number of carbonyl (C=O) groups excluding carboxylic acids is 1. The first-order valence-corrected chi connectivity index (χ1v) is 11.5. The van der Waals surface area contributed by atoms with Crippen LogP contribution in [-0.4, -0.2) is 63.4 Å². The first-order valence-electron chi connectivity index (χ1n) is 10.1. The Balaban J connectivity index is 1.58. The molecule has 2 aromatic rings. The molecule has 3 heterocycles. The van der Waals surface area contributed by atoms with Gasteiger partial charge in [0, 0.05) is 31.1 Å². The van der Waals surface area contributed by atoms with Crippen LogP contribution >= 0.6 is 0 Å². The van der Waals surface area contributed by atoms with Gasteiger partial charge in [-0.05, 0) is 44.1 Å². The molecule has 1 aromatic carbocycles. The summed E-state index contributed by atoms with van der Waals surface area (Å²) in [4.78, 5) is 14.6. The summed E-state index contributed by atoms with van der Waals surface area (Å²) < 4.78 is 39.3. The molecule has 8 nitrogen and oxygen atoms in total. The van der Waals surface area contributed by atoms with Crippen molar-refractivity contribution in [2.45, 2.75) is 24.3 Å². The smallest absolute Gasteiger partial charge is 0.247 e. The molecular weight excluding hydrogens is 406 g/mol. The SMILES string of the molecule is CNC(=O)CN1CC2(CCN(Cc3ccoc3)CC2)COc2ccccc2S1(=O)=O. The minimum Gasteiger partial charge on any atom is -0.492 e. The van der Waals surface area contributed by atoms with Crippen molar-refractivity contribution in [1.82, 2.24) is 14.5 Å². The molecular formula is C21H27N3O5S. The van der Waals surface area contributed by atoms with E-state index in [-0.39, 0.29) is 29.3 Å².